The number of ether oxygens (including phenoxy) is 1. The van der Waals surface area contributed by atoms with E-state index < -0.39 is 0 Å². The number of nitrogens with zero attached hydrogens (tertiary/aromatic N) is 3. The lowest BCUT2D eigenvalue weighted by atomic mass is 10.1. The highest BCUT2D eigenvalue weighted by Crippen LogP contribution is 2.19. The van der Waals surface area contributed by atoms with Crippen molar-refractivity contribution < 1.29 is 4.74 Å². The second kappa shape index (κ2) is 4.67. The molecular formula is C11H12N4O. The Bertz CT molecular complexity index is 441. The lowest BCUT2D eigenvalue weighted by Gasteiger charge is -2.03. The van der Waals surface area contributed by atoms with E-state index in [1.807, 2.05) is 12.1 Å². The van der Waals surface area contributed by atoms with Gasteiger partial charge >= 0.3 is 0 Å². The molecule has 2 heterocycles. The molecule has 5 heteroatoms. The summed E-state index contributed by atoms with van der Waals surface area (Å²) in [5.41, 5.74) is 8.12. The number of rotatable bonds is 3. The summed E-state index contributed by atoms with van der Waals surface area (Å²) in [7, 11) is 1.59. The van der Waals surface area contributed by atoms with E-state index in [9.17, 15) is 0 Å². The first-order valence-corrected chi connectivity index (χ1v) is 4.84. The van der Waals surface area contributed by atoms with E-state index in [0.29, 0.717) is 12.3 Å². The van der Waals surface area contributed by atoms with E-state index in [1.165, 1.54) is 0 Å². The van der Waals surface area contributed by atoms with Crippen LogP contribution in [-0.4, -0.2) is 22.3 Å². The molecule has 0 amide bonds. The minimum Gasteiger partial charge on any atom is -0.495 e. The molecule has 0 aromatic carbocycles. The highest BCUT2D eigenvalue weighted by molar-refractivity contribution is 5.59. The Morgan fingerprint density at radius 3 is 2.88 bits per heavy atom. The van der Waals surface area contributed by atoms with Crippen molar-refractivity contribution in [2.45, 2.75) is 6.54 Å². The van der Waals surface area contributed by atoms with Crippen molar-refractivity contribution in [1.82, 2.24) is 15.2 Å². The molecule has 0 bridgehead atoms. The lowest BCUT2D eigenvalue weighted by molar-refractivity contribution is 0.412. The summed E-state index contributed by atoms with van der Waals surface area (Å²) in [4.78, 5) is 4.10. The molecular weight excluding hydrogens is 204 g/mol. The van der Waals surface area contributed by atoms with Crippen molar-refractivity contribution in [1.29, 1.82) is 0 Å². The van der Waals surface area contributed by atoms with Crippen LogP contribution in [0.25, 0.3) is 11.3 Å². The Morgan fingerprint density at radius 1 is 1.25 bits per heavy atom. The third kappa shape index (κ3) is 2.14. The van der Waals surface area contributed by atoms with Crippen LogP contribution < -0.4 is 10.5 Å². The Hall–Kier alpha value is -2.01. The average Bonchev–Trinajstić information content (AvgIpc) is 2.39. The second-order valence-electron chi connectivity index (χ2n) is 3.27. The van der Waals surface area contributed by atoms with Crippen molar-refractivity contribution in [3.05, 3.63) is 36.3 Å². The van der Waals surface area contributed by atoms with Gasteiger partial charge in [0.25, 0.3) is 0 Å². The van der Waals surface area contributed by atoms with E-state index in [0.717, 1.165) is 16.8 Å². The van der Waals surface area contributed by atoms with Gasteiger partial charge in [0.1, 0.15) is 5.75 Å². The largest absolute Gasteiger partial charge is 0.495 e. The SMILES string of the molecule is COc1cnnc(-c2cncc(CN)c2)c1. The van der Waals surface area contributed by atoms with Crippen LogP contribution in [0.2, 0.25) is 0 Å². The molecule has 0 saturated carbocycles. The summed E-state index contributed by atoms with van der Waals surface area (Å²) in [6, 6.07) is 3.75. The highest BCUT2D eigenvalue weighted by Gasteiger charge is 2.03. The fourth-order valence-corrected chi connectivity index (χ4v) is 1.34. The summed E-state index contributed by atoms with van der Waals surface area (Å²) < 4.78 is 5.09. The topological polar surface area (TPSA) is 73.9 Å². The molecule has 82 valence electrons. The van der Waals surface area contributed by atoms with E-state index >= 15 is 0 Å². The van der Waals surface area contributed by atoms with Crippen molar-refractivity contribution in [2.24, 2.45) is 5.73 Å². The first-order chi connectivity index (χ1) is 7.83. The normalized spacial score (nSPS) is 10.1. The summed E-state index contributed by atoms with van der Waals surface area (Å²) in [5, 5.41) is 7.88. The monoisotopic (exact) mass is 216 g/mol. The molecule has 0 saturated heterocycles. The molecule has 0 fully saturated rings. The van der Waals surface area contributed by atoms with Gasteiger partial charge in [-0.2, -0.15) is 10.2 Å². The Morgan fingerprint density at radius 2 is 2.12 bits per heavy atom. The molecule has 2 N–H and O–H groups in total. The zero-order chi connectivity index (χ0) is 11.4. The van der Waals surface area contributed by atoms with Crippen molar-refractivity contribution in [3.63, 3.8) is 0 Å². The zero-order valence-electron chi connectivity index (χ0n) is 8.92. The van der Waals surface area contributed by atoms with Crippen molar-refractivity contribution in [2.75, 3.05) is 7.11 Å². The smallest absolute Gasteiger partial charge is 0.141 e. The van der Waals surface area contributed by atoms with E-state index in [4.69, 9.17) is 10.5 Å². The lowest BCUT2D eigenvalue weighted by Crippen LogP contribution is -1.98. The number of hydrogen-bond donors (Lipinski definition) is 1. The van der Waals surface area contributed by atoms with Crippen LogP contribution >= 0.6 is 0 Å². The van der Waals surface area contributed by atoms with Crippen LogP contribution in [0.4, 0.5) is 0 Å². The first-order valence-electron chi connectivity index (χ1n) is 4.84. The summed E-state index contributed by atoms with van der Waals surface area (Å²) in [6.45, 7) is 0.457. The van der Waals surface area contributed by atoms with Gasteiger partial charge in [-0.25, -0.2) is 0 Å². The Kier molecular flexibility index (Phi) is 3.07. The molecule has 0 radical (unpaired) electrons. The third-order valence-corrected chi connectivity index (χ3v) is 2.19. The number of methoxy groups -OCH3 is 1. The molecule has 0 spiro atoms. The number of nitrogens with two attached hydrogens (primary N) is 1. The van der Waals surface area contributed by atoms with Crippen LogP contribution in [0.1, 0.15) is 5.56 Å². The first kappa shape index (κ1) is 10.5. The van der Waals surface area contributed by atoms with E-state index in [-0.39, 0.29) is 0 Å². The summed E-state index contributed by atoms with van der Waals surface area (Å²) in [5.74, 6) is 0.670. The third-order valence-electron chi connectivity index (χ3n) is 2.19. The number of aromatic nitrogens is 3. The van der Waals surface area contributed by atoms with Gasteiger partial charge in [0.15, 0.2) is 0 Å². The van der Waals surface area contributed by atoms with Crippen LogP contribution in [0.15, 0.2) is 30.7 Å². The van der Waals surface area contributed by atoms with E-state index in [1.54, 1.807) is 25.7 Å². The summed E-state index contributed by atoms with van der Waals surface area (Å²) in [6.07, 6.45) is 5.02. The molecule has 0 aliphatic carbocycles. The van der Waals surface area contributed by atoms with Gasteiger partial charge in [-0.05, 0) is 11.6 Å². The predicted molar refractivity (Wildman–Crippen MR) is 59.7 cm³/mol. The molecule has 0 aliphatic rings. The molecule has 0 aliphatic heterocycles. The van der Waals surface area contributed by atoms with Crippen molar-refractivity contribution in [3.8, 4) is 17.0 Å². The standard InChI is InChI=1S/C11H12N4O/c1-16-10-3-11(15-14-7-10)9-2-8(4-12)5-13-6-9/h2-3,5-7H,4,12H2,1H3. The van der Waals surface area contributed by atoms with Gasteiger partial charge in [-0.3, -0.25) is 4.98 Å². The second-order valence-corrected chi connectivity index (χ2v) is 3.27. The van der Waals surface area contributed by atoms with Gasteiger partial charge in [-0.15, -0.1) is 0 Å². The van der Waals surface area contributed by atoms with Crippen LogP contribution in [0.5, 0.6) is 5.75 Å². The number of hydrogen-bond acceptors (Lipinski definition) is 5. The molecule has 0 atom stereocenters. The molecule has 0 unspecified atom stereocenters. The maximum Gasteiger partial charge on any atom is 0.141 e. The highest BCUT2D eigenvalue weighted by atomic mass is 16.5. The minimum absolute atomic E-state index is 0.457. The van der Waals surface area contributed by atoms with Gasteiger partial charge in [0.2, 0.25) is 0 Å². The fraction of sp³-hybridized carbons (Fsp3) is 0.182. The van der Waals surface area contributed by atoms with Gasteiger partial charge in [-0.1, -0.05) is 0 Å². The maximum absolute atomic E-state index is 5.55. The molecule has 5 nitrogen and oxygen atoms in total. The van der Waals surface area contributed by atoms with Crippen LogP contribution in [0, 0.1) is 0 Å². The van der Waals surface area contributed by atoms with E-state index in [2.05, 4.69) is 15.2 Å². The fourth-order valence-electron chi connectivity index (χ4n) is 1.34. The predicted octanol–water partition coefficient (Wildman–Crippen LogP) is 1.01. The number of pyridine rings is 1. The maximum atomic E-state index is 5.55. The average molecular weight is 216 g/mol. The molecule has 2 aromatic heterocycles. The Labute approximate surface area is 93.3 Å². The molecule has 2 rings (SSSR count). The van der Waals surface area contributed by atoms with Gasteiger partial charge in [0.05, 0.1) is 19.0 Å². The minimum atomic E-state index is 0.457. The van der Waals surface area contributed by atoms with Crippen molar-refractivity contribution >= 4 is 0 Å². The molecule has 2 aromatic rings. The quantitative estimate of drug-likeness (QED) is 0.828. The summed E-state index contributed by atoms with van der Waals surface area (Å²) >= 11 is 0. The van der Waals surface area contributed by atoms with Crippen LogP contribution in [0.3, 0.4) is 0 Å². The van der Waals surface area contributed by atoms with Gasteiger partial charge in [0, 0.05) is 30.6 Å². The van der Waals surface area contributed by atoms with Gasteiger partial charge < -0.3 is 10.5 Å². The molecule has 16 heavy (non-hydrogen) atoms. The van der Waals surface area contributed by atoms with Crippen LogP contribution in [-0.2, 0) is 6.54 Å². The Balaban J connectivity index is 2.41. The zero-order valence-corrected chi connectivity index (χ0v) is 8.92.